The van der Waals surface area contributed by atoms with Crippen LogP contribution in [0.15, 0.2) is 42.2 Å². The summed E-state index contributed by atoms with van der Waals surface area (Å²) in [4.78, 5) is 19.0. The summed E-state index contributed by atoms with van der Waals surface area (Å²) >= 11 is 0. The van der Waals surface area contributed by atoms with Crippen molar-refractivity contribution in [3.8, 4) is 0 Å². The third kappa shape index (κ3) is 4.72. The lowest BCUT2D eigenvalue weighted by Gasteiger charge is -2.16. The number of nitrogens with one attached hydrogen (secondary N) is 2. The number of aliphatic imine (C=N–C) groups is 1. The maximum absolute atomic E-state index is 11.2. The molecule has 4 heteroatoms. The van der Waals surface area contributed by atoms with Crippen LogP contribution in [0.3, 0.4) is 0 Å². The minimum Gasteiger partial charge on any atom is -0.364 e. The number of unbranched alkanes of at least 4 members (excludes halogenated alkanes) is 1. The molecule has 1 aromatic heterocycles. The van der Waals surface area contributed by atoms with Gasteiger partial charge < -0.3 is 10.3 Å². The fourth-order valence-corrected chi connectivity index (χ4v) is 2.85. The van der Waals surface area contributed by atoms with Gasteiger partial charge in [-0.05, 0) is 31.7 Å². The molecule has 2 N–H and O–H groups in total. The number of carbonyl (C=O) groups excluding carboxylic acids is 1. The maximum atomic E-state index is 11.2. The minimum absolute atomic E-state index is 0.0297. The molecule has 1 aliphatic rings. The highest BCUT2D eigenvalue weighted by Crippen LogP contribution is 2.17. The molecule has 0 radical (unpaired) electrons. The Morgan fingerprint density at radius 1 is 1.55 bits per heavy atom. The van der Waals surface area contributed by atoms with Gasteiger partial charge in [-0.3, -0.25) is 9.79 Å². The summed E-state index contributed by atoms with van der Waals surface area (Å²) in [6.07, 6.45) is 13.7. The first-order valence-electron chi connectivity index (χ1n) is 7.97. The van der Waals surface area contributed by atoms with Crippen LogP contribution in [-0.2, 0) is 11.2 Å². The Morgan fingerprint density at radius 2 is 2.41 bits per heavy atom. The van der Waals surface area contributed by atoms with Gasteiger partial charge in [-0.15, -0.1) is 6.58 Å². The van der Waals surface area contributed by atoms with E-state index in [2.05, 4.69) is 34.0 Å². The third-order valence-electron chi connectivity index (χ3n) is 3.88. The number of fused-ring (bicyclic) bond motifs is 1. The number of allylic oxidation sites excluding steroid dienone is 1. The van der Waals surface area contributed by atoms with Gasteiger partial charge in [0.25, 0.3) is 0 Å². The van der Waals surface area contributed by atoms with Crippen LogP contribution in [0.4, 0.5) is 0 Å². The molecule has 2 heterocycles. The predicted molar refractivity (Wildman–Crippen MR) is 91.1 cm³/mol. The zero-order valence-corrected chi connectivity index (χ0v) is 13.3. The second-order valence-corrected chi connectivity index (χ2v) is 5.70. The molecule has 0 saturated heterocycles. The van der Waals surface area contributed by atoms with E-state index in [0.29, 0.717) is 0 Å². The Hall–Kier alpha value is -2.10. The summed E-state index contributed by atoms with van der Waals surface area (Å²) in [6.45, 7) is 5.32. The number of H-pyrrole nitrogens is 1. The smallest absolute Gasteiger partial charge is 0.217 e. The first-order chi connectivity index (χ1) is 10.7. The lowest BCUT2D eigenvalue weighted by Crippen LogP contribution is -2.32. The molecule has 2 rings (SSSR count). The standard InChI is InChI=1S/C18H25N3O/c1-3-7-15(21-14(2)22)8-4-5-9-17-16-11-13-20-18(16)10-6-12-19-17/h3,6,11-13,15,20H,1,4-5,7-10H2,2H3,(H,21,22)/t15-/m0/s1. The van der Waals surface area contributed by atoms with Crippen LogP contribution >= 0.6 is 0 Å². The summed E-state index contributed by atoms with van der Waals surface area (Å²) in [5.41, 5.74) is 3.65. The fourth-order valence-electron chi connectivity index (χ4n) is 2.85. The van der Waals surface area contributed by atoms with E-state index in [1.54, 1.807) is 6.92 Å². The molecule has 1 aromatic rings. The van der Waals surface area contributed by atoms with Gasteiger partial charge in [-0.2, -0.15) is 0 Å². The number of aromatic amines is 1. The molecule has 22 heavy (non-hydrogen) atoms. The van der Waals surface area contributed by atoms with E-state index in [4.69, 9.17) is 0 Å². The molecular formula is C18H25N3O. The molecule has 0 saturated carbocycles. The van der Waals surface area contributed by atoms with Crippen molar-refractivity contribution in [2.45, 2.75) is 51.5 Å². The van der Waals surface area contributed by atoms with E-state index >= 15 is 0 Å². The quantitative estimate of drug-likeness (QED) is 0.560. The number of hydrogen-bond donors (Lipinski definition) is 2. The normalized spacial score (nSPS) is 14.7. The zero-order valence-electron chi connectivity index (χ0n) is 13.3. The van der Waals surface area contributed by atoms with Gasteiger partial charge in [0.1, 0.15) is 0 Å². The molecule has 0 aromatic carbocycles. The molecule has 1 aliphatic heterocycles. The molecule has 4 nitrogen and oxygen atoms in total. The topological polar surface area (TPSA) is 57.2 Å². The van der Waals surface area contributed by atoms with E-state index in [0.717, 1.165) is 44.2 Å². The second-order valence-electron chi connectivity index (χ2n) is 5.70. The number of carbonyl (C=O) groups is 1. The highest BCUT2D eigenvalue weighted by atomic mass is 16.1. The van der Waals surface area contributed by atoms with Gasteiger partial charge in [0, 0.05) is 48.8 Å². The van der Waals surface area contributed by atoms with Gasteiger partial charge in [-0.25, -0.2) is 0 Å². The SMILES string of the molecule is C=CC[C@@H](CCCCC1=NC=CCc2[nH]ccc21)NC(C)=O. The Balaban J connectivity index is 1.81. The number of amides is 1. The maximum Gasteiger partial charge on any atom is 0.217 e. The number of nitrogens with zero attached hydrogens (tertiary/aromatic N) is 1. The summed E-state index contributed by atoms with van der Waals surface area (Å²) < 4.78 is 0. The molecule has 0 spiro atoms. The van der Waals surface area contributed by atoms with Crippen molar-refractivity contribution in [1.29, 1.82) is 0 Å². The Labute approximate surface area is 132 Å². The largest absolute Gasteiger partial charge is 0.364 e. The predicted octanol–water partition coefficient (Wildman–Crippen LogP) is 3.51. The Kier molecular flexibility index (Phi) is 6.19. The molecule has 0 unspecified atom stereocenters. The number of rotatable bonds is 8. The first-order valence-corrected chi connectivity index (χ1v) is 7.97. The van der Waals surface area contributed by atoms with Crippen molar-refractivity contribution in [3.05, 3.63) is 48.5 Å². The summed E-state index contributed by atoms with van der Waals surface area (Å²) in [6, 6.07) is 2.31. The average molecular weight is 299 g/mol. The van der Waals surface area contributed by atoms with Crippen LogP contribution in [0.1, 0.15) is 50.3 Å². The van der Waals surface area contributed by atoms with Crippen LogP contribution in [0.5, 0.6) is 0 Å². The van der Waals surface area contributed by atoms with E-state index < -0.39 is 0 Å². The summed E-state index contributed by atoms with van der Waals surface area (Å²) in [5.74, 6) is 0.0297. The van der Waals surface area contributed by atoms with Gasteiger partial charge >= 0.3 is 0 Å². The van der Waals surface area contributed by atoms with Crippen LogP contribution in [0.2, 0.25) is 0 Å². The zero-order chi connectivity index (χ0) is 15.8. The monoisotopic (exact) mass is 299 g/mol. The van der Waals surface area contributed by atoms with E-state index in [1.165, 1.54) is 11.3 Å². The number of hydrogen-bond acceptors (Lipinski definition) is 2. The lowest BCUT2D eigenvalue weighted by molar-refractivity contribution is -0.119. The van der Waals surface area contributed by atoms with Gasteiger partial charge in [0.05, 0.1) is 0 Å². The van der Waals surface area contributed by atoms with Crippen molar-refractivity contribution in [3.63, 3.8) is 0 Å². The van der Waals surface area contributed by atoms with Crippen molar-refractivity contribution in [2.75, 3.05) is 0 Å². The van der Waals surface area contributed by atoms with Crippen molar-refractivity contribution in [1.82, 2.24) is 10.3 Å². The van der Waals surface area contributed by atoms with Crippen LogP contribution in [0.25, 0.3) is 0 Å². The molecule has 0 fully saturated rings. The third-order valence-corrected chi connectivity index (χ3v) is 3.88. The van der Waals surface area contributed by atoms with Crippen LogP contribution < -0.4 is 5.32 Å². The fraction of sp³-hybridized carbons (Fsp3) is 0.444. The highest BCUT2D eigenvalue weighted by Gasteiger charge is 2.12. The van der Waals surface area contributed by atoms with Gasteiger partial charge in [0.2, 0.25) is 5.91 Å². The van der Waals surface area contributed by atoms with Crippen molar-refractivity contribution < 1.29 is 4.79 Å². The number of aromatic nitrogens is 1. The highest BCUT2D eigenvalue weighted by molar-refractivity contribution is 6.02. The Morgan fingerprint density at radius 3 is 3.18 bits per heavy atom. The molecule has 1 amide bonds. The van der Waals surface area contributed by atoms with E-state index in [-0.39, 0.29) is 11.9 Å². The van der Waals surface area contributed by atoms with Gasteiger partial charge in [0.15, 0.2) is 0 Å². The molecule has 1 atom stereocenters. The molecule has 0 bridgehead atoms. The van der Waals surface area contributed by atoms with Crippen LogP contribution in [-0.4, -0.2) is 22.6 Å². The minimum atomic E-state index is 0.0297. The van der Waals surface area contributed by atoms with Crippen LogP contribution in [0, 0.1) is 0 Å². The van der Waals surface area contributed by atoms with Crippen molar-refractivity contribution >= 4 is 11.6 Å². The summed E-state index contributed by atoms with van der Waals surface area (Å²) in [7, 11) is 0. The lowest BCUT2D eigenvalue weighted by atomic mass is 10.0. The molecule has 118 valence electrons. The van der Waals surface area contributed by atoms with E-state index in [9.17, 15) is 4.79 Å². The Bertz CT molecular complexity index is 569. The second kappa shape index (κ2) is 8.37. The molecular weight excluding hydrogens is 274 g/mol. The summed E-state index contributed by atoms with van der Waals surface area (Å²) in [5, 5.41) is 2.98. The average Bonchev–Trinajstić information content (AvgIpc) is 2.85. The van der Waals surface area contributed by atoms with Crippen molar-refractivity contribution in [2.24, 2.45) is 4.99 Å². The molecule has 0 aliphatic carbocycles. The van der Waals surface area contributed by atoms with E-state index in [1.807, 2.05) is 18.5 Å². The van der Waals surface area contributed by atoms with Gasteiger partial charge in [-0.1, -0.05) is 18.6 Å². The first kappa shape index (κ1) is 16.3.